The molecule has 0 radical (unpaired) electrons. The van der Waals surface area contributed by atoms with Crippen molar-refractivity contribution >= 4 is 37.5 Å². The normalized spacial score (nSPS) is 11.4. The third kappa shape index (κ3) is 2.62. The fourth-order valence-electron chi connectivity index (χ4n) is 1.41. The zero-order valence-electron chi connectivity index (χ0n) is 8.94. The number of hydrogen-bond acceptors (Lipinski definition) is 3. The van der Waals surface area contributed by atoms with E-state index in [2.05, 4.69) is 26.4 Å². The maximum atomic E-state index is 5.60. The molecule has 16 heavy (non-hydrogen) atoms. The number of aryl methyl sites for hydroxylation is 1. The molecule has 0 N–H and O–H groups in total. The van der Waals surface area contributed by atoms with E-state index >= 15 is 0 Å². The van der Waals surface area contributed by atoms with Gasteiger partial charge in [0.1, 0.15) is 12.4 Å². The SMILES string of the molecule is Cc1nsc2cc(OC/C=C/CBr)ccc12. The Balaban J connectivity index is 2.11. The zero-order chi connectivity index (χ0) is 11.4. The van der Waals surface area contributed by atoms with Crippen molar-refractivity contribution < 1.29 is 4.74 Å². The number of aromatic nitrogens is 1. The summed E-state index contributed by atoms with van der Waals surface area (Å²) in [4.78, 5) is 0. The minimum absolute atomic E-state index is 0.606. The van der Waals surface area contributed by atoms with Crippen LogP contribution in [-0.2, 0) is 0 Å². The Kier molecular flexibility index (Phi) is 3.96. The number of ether oxygens (including phenoxy) is 1. The summed E-state index contributed by atoms with van der Waals surface area (Å²) < 4.78 is 11.1. The van der Waals surface area contributed by atoms with Gasteiger partial charge in [0.15, 0.2) is 0 Å². The number of allylic oxidation sites excluding steroid dienone is 1. The molecule has 4 heteroatoms. The van der Waals surface area contributed by atoms with Crippen molar-refractivity contribution in [3.8, 4) is 5.75 Å². The van der Waals surface area contributed by atoms with Gasteiger partial charge in [0.2, 0.25) is 0 Å². The van der Waals surface area contributed by atoms with Gasteiger partial charge < -0.3 is 4.74 Å². The second kappa shape index (κ2) is 5.46. The molecule has 84 valence electrons. The van der Waals surface area contributed by atoms with E-state index in [0.29, 0.717) is 6.61 Å². The lowest BCUT2D eigenvalue weighted by atomic mass is 10.2. The summed E-state index contributed by atoms with van der Waals surface area (Å²) in [5.74, 6) is 0.898. The Bertz CT molecular complexity index is 507. The quantitative estimate of drug-likeness (QED) is 0.630. The molecule has 2 aromatic rings. The number of hydrogen-bond donors (Lipinski definition) is 0. The first-order chi connectivity index (χ1) is 7.81. The van der Waals surface area contributed by atoms with Crippen LogP contribution in [0, 0.1) is 6.92 Å². The highest BCUT2D eigenvalue weighted by molar-refractivity contribution is 9.09. The van der Waals surface area contributed by atoms with E-state index < -0.39 is 0 Å². The van der Waals surface area contributed by atoms with Gasteiger partial charge in [0, 0.05) is 10.7 Å². The molecule has 0 unspecified atom stereocenters. The molecule has 0 saturated heterocycles. The highest BCUT2D eigenvalue weighted by atomic mass is 79.9. The maximum absolute atomic E-state index is 5.60. The van der Waals surface area contributed by atoms with Gasteiger partial charge in [0.25, 0.3) is 0 Å². The van der Waals surface area contributed by atoms with Crippen molar-refractivity contribution in [1.82, 2.24) is 4.37 Å². The van der Waals surface area contributed by atoms with Gasteiger partial charge in [-0.1, -0.05) is 28.1 Å². The summed E-state index contributed by atoms with van der Waals surface area (Å²) in [6.45, 7) is 2.63. The van der Waals surface area contributed by atoms with E-state index in [0.717, 1.165) is 16.8 Å². The van der Waals surface area contributed by atoms with Crippen LogP contribution in [0.15, 0.2) is 30.4 Å². The molecule has 0 amide bonds. The fourth-order valence-corrected chi connectivity index (χ4v) is 2.49. The van der Waals surface area contributed by atoms with Crippen molar-refractivity contribution in [2.45, 2.75) is 6.92 Å². The molecule has 0 aliphatic heterocycles. The zero-order valence-corrected chi connectivity index (χ0v) is 11.3. The molecule has 0 fully saturated rings. The molecule has 0 saturated carbocycles. The Morgan fingerprint density at radius 2 is 2.31 bits per heavy atom. The van der Waals surface area contributed by atoms with Crippen molar-refractivity contribution in [3.63, 3.8) is 0 Å². The van der Waals surface area contributed by atoms with E-state index in [-0.39, 0.29) is 0 Å². The van der Waals surface area contributed by atoms with Crippen LogP contribution in [0.1, 0.15) is 5.69 Å². The van der Waals surface area contributed by atoms with Gasteiger partial charge in [-0.3, -0.25) is 0 Å². The van der Waals surface area contributed by atoms with Crippen LogP contribution in [0.2, 0.25) is 0 Å². The van der Waals surface area contributed by atoms with Gasteiger partial charge >= 0.3 is 0 Å². The lowest BCUT2D eigenvalue weighted by Crippen LogP contribution is -1.92. The molecule has 2 rings (SSSR count). The van der Waals surface area contributed by atoms with Gasteiger partial charge in [-0.15, -0.1) is 0 Å². The second-order valence-corrected chi connectivity index (χ2v) is 4.82. The Hall–Kier alpha value is -0.870. The maximum Gasteiger partial charge on any atom is 0.121 e. The topological polar surface area (TPSA) is 22.1 Å². The van der Waals surface area contributed by atoms with Crippen molar-refractivity contribution in [2.75, 3.05) is 11.9 Å². The molecule has 1 aromatic carbocycles. The minimum atomic E-state index is 0.606. The van der Waals surface area contributed by atoms with Crippen molar-refractivity contribution in [2.24, 2.45) is 0 Å². The average molecular weight is 298 g/mol. The van der Waals surface area contributed by atoms with Gasteiger partial charge in [-0.25, -0.2) is 0 Å². The minimum Gasteiger partial charge on any atom is -0.489 e. The van der Waals surface area contributed by atoms with Crippen LogP contribution in [0.5, 0.6) is 5.75 Å². The molecule has 1 aromatic heterocycles. The number of halogens is 1. The number of rotatable bonds is 4. The monoisotopic (exact) mass is 297 g/mol. The van der Waals surface area contributed by atoms with Crippen LogP contribution in [0.25, 0.3) is 10.1 Å². The Morgan fingerprint density at radius 3 is 3.12 bits per heavy atom. The molecule has 0 bridgehead atoms. The summed E-state index contributed by atoms with van der Waals surface area (Å²) in [5, 5.41) is 2.08. The van der Waals surface area contributed by atoms with Crippen LogP contribution >= 0.6 is 27.5 Å². The van der Waals surface area contributed by atoms with Gasteiger partial charge in [-0.2, -0.15) is 4.37 Å². The Morgan fingerprint density at radius 1 is 1.44 bits per heavy atom. The smallest absolute Gasteiger partial charge is 0.121 e. The standard InChI is InChI=1S/C12H12BrNOS/c1-9-11-5-4-10(8-12(11)16-14-9)15-7-3-2-6-13/h2-5,8H,6-7H2,1H3/b3-2+. The molecular formula is C12H12BrNOS. The molecule has 0 atom stereocenters. The first kappa shape index (κ1) is 11.6. The summed E-state index contributed by atoms with van der Waals surface area (Å²) in [5.41, 5.74) is 1.09. The largest absolute Gasteiger partial charge is 0.489 e. The lowest BCUT2D eigenvalue weighted by Gasteiger charge is -2.02. The van der Waals surface area contributed by atoms with Gasteiger partial charge in [-0.05, 0) is 36.7 Å². The van der Waals surface area contributed by atoms with Crippen molar-refractivity contribution in [1.29, 1.82) is 0 Å². The van der Waals surface area contributed by atoms with Gasteiger partial charge in [0.05, 0.1) is 10.4 Å². The number of fused-ring (bicyclic) bond motifs is 1. The highest BCUT2D eigenvalue weighted by Gasteiger charge is 2.02. The van der Waals surface area contributed by atoms with E-state index in [1.54, 1.807) is 0 Å². The van der Waals surface area contributed by atoms with E-state index in [9.17, 15) is 0 Å². The van der Waals surface area contributed by atoms with E-state index in [1.807, 2.05) is 31.2 Å². The first-order valence-corrected chi connectivity index (χ1v) is 6.90. The molecule has 1 heterocycles. The summed E-state index contributed by atoms with van der Waals surface area (Å²) in [6, 6.07) is 6.10. The van der Waals surface area contributed by atoms with Crippen LogP contribution in [-0.4, -0.2) is 16.3 Å². The fraction of sp³-hybridized carbons (Fsp3) is 0.250. The van der Waals surface area contributed by atoms with E-state index in [1.165, 1.54) is 21.6 Å². The number of nitrogens with zero attached hydrogens (tertiary/aromatic N) is 1. The van der Waals surface area contributed by atoms with E-state index in [4.69, 9.17) is 4.74 Å². The lowest BCUT2D eigenvalue weighted by molar-refractivity contribution is 0.363. The predicted molar refractivity (Wildman–Crippen MR) is 72.8 cm³/mol. The Labute approximate surface area is 107 Å². The second-order valence-electron chi connectivity index (χ2n) is 3.36. The molecule has 0 aliphatic carbocycles. The molecule has 2 nitrogen and oxygen atoms in total. The molecule has 0 aliphatic rings. The average Bonchev–Trinajstić information content (AvgIpc) is 2.66. The predicted octanol–water partition coefficient (Wildman–Crippen LogP) is 3.93. The van der Waals surface area contributed by atoms with Crippen LogP contribution in [0.3, 0.4) is 0 Å². The number of benzene rings is 1. The van der Waals surface area contributed by atoms with Crippen LogP contribution < -0.4 is 4.74 Å². The summed E-state index contributed by atoms with van der Waals surface area (Å²) >= 11 is 4.84. The summed E-state index contributed by atoms with van der Waals surface area (Å²) in [7, 11) is 0. The molecule has 0 spiro atoms. The third-order valence-corrected chi connectivity index (χ3v) is 3.50. The first-order valence-electron chi connectivity index (χ1n) is 5.01. The third-order valence-electron chi connectivity index (χ3n) is 2.23. The summed E-state index contributed by atoms with van der Waals surface area (Å²) in [6.07, 6.45) is 4.02. The number of alkyl halides is 1. The highest BCUT2D eigenvalue weighted by Crippen LogP contribution is 2.26. The molecular weight excluding hydrogens is 286 g/mol. The van der Waals surface area contributed by atoms with Crippen LogP contribution in [0.4, 0.5) is 0 Å². The van der Waals surface area contributed by atoms with Crippen molar-refractivity contribution in [3.05, 3.63) is 36.0 Å².